The van der Waals surface area contributed by atoms with Crippen LogP contribution in [0.25, 0.3) is 22.3 Å². The fraction of sp³-hybridized carbons (Fsp3) is 0.368. The number of hydrogen-bond donors (Lipinski definition) is 2. The Balaban J connectivity index is 1.81. The van der Waals surface area contributed by atoms with Crippen molar-refractivity contribution in [3.63, 3.8) is 0 Å². The second kappa shape index (κ2) is 5.44. The second-order valence-electron chi connectivity index (χ2n) is 7.36. The van der Waals surface area contributed by atoms with E-state index in [1.165, 1.54) is 6.07 Å². The SMILES string of the molecule is Cc1cc(Cl)cc(O)c1-c1cc2c(C)cn(C3CC(C)(O)C3)c2nn1. The summed E-state index contributed by atoms with van der Waals surface area (Å²) in [4.78, 5) is 0. The molecule has 130 valence electrons. The van der Waals surface area contributed by atoms with Crippen molar-refractivity contribution >= 4 is 22.6 Å². The maximum absolute atomic E-state index is 10.3. The minimum atomic E-state index is -0.589. The number of nitrogens with zero attached hydrogens (tertiary/aromatic N) is 3. The summed E-state index contributed by atoms with van der Waals surface area (Å²) < 4.78 is 2.11. The highest BCUT2D eigenvalue weighted by molar-refractivity contribution is 6.31. The van der Waals surface area contributed by atoms with Gasteiger partial charge < -0.3 is 14.8 Å². The van der Waals surface area contributed by atoms with Crippen LogP contribution in [0.5, 0.6) is 5.75 Å². The highest BCUT2D eigenvalue weighted by atomic mass is 35.5. The van der Waals surface area contributed by atoms with Crippen LogP contribution < -0.4 is 0 Å². The number of aromatic nitrogens is 3. The first-order valence-corrected chi connectivity index (χ1v) is 8.70. The van der Waals surface area contributed by atoms with Gasteiger partial charge in [-0.25, -0.2) is 0 Å². The van der Waals surface area contributed by atoms with E-state index >= 15 is 0 Å². The smallest absolute Gasteiger partial charge is 0.163 e. The predicted octanol–water partition coefficient (Wildman–Crippen LogP) is 4.16. The first-order chi connectivity index (χ1) is 11.7. The molecule has 0 aliphatic heterocycles. The Bertz CT molecular complexity index is 963. The molecule has 5 nitrogen and oxygen atoms in total. The molecule has 0 spiro atoms. The molecule has 0 radical (unpaired) electrons. The van der Waals surface area contributed by atoms with E-state index < -0.39 is 5.60 Å². The van der Waals surface area contributed by atoms with Gasteiger partial charge in [-0.05, 0) is 62.9 Å². The van der Waals surface area contributed by atoms with Gasteiger partial charge in [-0.1, -0.05) is 11.6 Å². The number of aromatic hydroxyl groups is 1. The summed E-state index contributed by atoms with van der Waals surface area (Å²) >= 11 is 5.99. The van der Waals surface area contributed by atoms with Crippen LogP contribution in [0.2, 0.25) is 5.02 Å². The summed E-state index contributed by atoms with van der Waals surface area (Å²) in [5, 5.41) is 30.6. The molecule has 3 aromatic rings. The molecule has 4 rings (SSSR count). The molecule has 2 heterocycles. The highest BCUT2D eigenvalue weighted by Crippen LogP contribution is 2.43. The molecule has 1 fully saturated rings. The zero-order valence-corrected chi connectivity index (χ0v) is 15.2. The van der Waals surface area contributed by atoms with E-state index in [-0.39, 0.29) is 11.8 Å². The number of halogens is 1. The van der Waals surface area contributed by atoms with Gasteiger partial charge in [0.15, 0.2) is 5.65 Å². The van der Waals surface area contributed by atoms with Crippen molar-refractivity contribution in [3.8, 4) is 17.0 Å². The van der Waals surface area contributed by atoms with E-state index in [0.29, 0.717) is 16.3 Å². The van der Waals surface area contributed by atoms with Crippen molar-refractivity contribution in [3.05, 3.63) is 40.5 Å². The zero-order chi connectivity index (χ0) is 17.9. The molecule has 1 aliphatic carbocycles. The number of fused-ring (bicyclic) bond motifs is 1. The molecule has 0 saturated heterocycles. The molecule has 6 heteroatoms. The third kappa shape index (κ3) is 2.68. The van der Waals surface area contributed by atoms with Gasteiger partial charge in [0, 0.05) is 28.2 Å². The van der Waals surface area contributed by atoms with E-state index in [2.05, 4.69) is 21.0 Å². The summed E-state index contributed by atoms with van der Waals surface area (Å²) in [6.45, 7) is 5.79. The lowest BCUT2D eigenvalue weighted by Gasteiger charge is -2.41. The van der Waals surface area contributed by atoms with Gasteiger partial charge in [0.2, 0.25) is 0 Å². The quantitative estimate of drug-likeness (QED) is 0.722. The molecule has 2 N–H and O–H groups in total. The van der Waals surface area contributed by atoms with Crippen molar-refractivity contribution in [1.82, 2.24) is 14.8 Å². The Morgan fingerprint density at radius 2 is 1.88 bits per heavy atom. The minimum Gasteiger partial charge on any atom is -0.507 e. The summed E-state index contributed by atoms with van der Waals surface area (Å²) in [6.07, 6.45) is 3.51. The maximum atomic E-state index is 10.3. The van der Waals surface area contributed by atoms with Crippen LogP contribution in [0, 0.1) is 13.8 Å². The second-order valence-corrected chi connectivity index (χ2v) is 7.80. The van der Waals surface area contributed by atoms with E-state index in [1.807, 2.05) is 26.8 Å². The zero-order valence-electron chi connectivity index (χ0n) is 14.4. The summed E-state index contributed by atoms with van der Waals surface area (Å²) in [6, 6.07) is 5.53. The minimum absolute atomic E-state index is 0.103. The van der Waals surface area contributed by atoms with Crippen LogP contribution in [0.3, 0.4) is 0 Å². The molecular weight excluding hydrogens is 338 g/mol. The number of rotatable bonds is 2. The molecule has 0 atom stereocenters. The molecule has 1 saturated carbocycles. The maximum Gasteiger partial charge on any atom is 0.163 e. The lowest BCUT2D eigenvalue weighted by molar-refractivity contribution is -0.0498. The van der Waals surface area contributed by atoms with Crippen LogP contribution in [0.4, 0.5) is 0 Å². The predicted molar refractivity (Wildman–Crippen MR) is 98.0 cm³/mol. The Morgan fingerprint density at radius 1 is 1.16 bits per heavy atom. The molecule has 0 unspecified atom stereocenters. The third-order valence-corrected chi connectivity index (χ3v) is 5.27. The first-order valence-electron chi connectivity index (χ1n) is 8.32. The lowest BCUT2D eigenvalue weighted by atomic mass is 9.77. The number of benzene rings is 1. The topological polar surface area (TPSA) is 71.2 Å². The fourth-order valence-electron chi connectivity index (χ4n) is 3.82. The van der Waals surface area contributed by atoms with Gasteiger partial charge in [-0.2, -0.15) is 0 Å². The van der Waals surface area contributed by atoms with Crippen LogP contribution >= 0.6 is 11.6 Å². The molecule has 0 amide bonds. The van der Waals surface area contributed by atoms with Gasteiger partial charge in [0.1, 0.15) is 5.75 Å². The van der Waals surface area contributed by atoms with Gasteiger partial charge in [-0.3, -0.25) is 0 Å². The molecule has 0 bridgehead atoms. The van der Waals surface area contributed by atoms with Crippen LogP contribution in [-0.2, 0) is 0 Å². The first kappa shape index (κ1) is 16.4. The summed E-state index contributed by atoms with van der Waals surface area (Å²) in [5.74, 6) is 0.103. The van der Waals surface area contributed by atoms with Crippen molar-refractivity contribution < 1.29 is 10.2 Å². The Morgan fingerprint density at radius 3 is 2.52 bits per heavy atom. The lowest BCUT2D eigenvalue weighted by Crippen LogP contribution is -2.41. The molecule has 1 aromatic carbocycles. The summed E-state index contributed by atoms with van der Waals surface area (Å²) in [7, 11) is 0. The van der Waals surface area contributed by atoms with Gasteiger partial charge in [0.05, 0.1) is 11.3 Å². The van der Waals surface area contributed by atoms with Crippen LogP contribution in [-0.4, -0.2) is 30.6 Å². The number of hydrogen-bond acceptors (Lipinski definition) is 4. The number of aliphatic hydroxyl groups is 1. The van der Waals surface area contributed by atoms with E-state index in [1.54, 1.807) is 6.07 Å². The van der Waals surface area contributed by atoms with Crippen molar-refractivity contribution in [2.45, 2.75) is 45.3 Å². The van der Waals surface area contributed by atoms with Crippen molar-refractivity contribution in [2.75, 3.05) is 0 Å². The standard InChI is InChI=1S/C19H20ClN3O2/c1-10-4-12(20)5-16(24)17(10)15-6-14-11(2)9-23(18(14)22-21-15)13-7-19(3,25)8-13/h4-6,9,13,24-25H,7-8H2,1-3H3. The Kier molecular flexibility index (Phi) is 3.56. The van der Waals surface area contributed by atoms with Crippen molar-refractivity contribution in [1.29, 1.82) is 0 Å². The van der Waals surface area contributed by atoms with Gasteiger partial charge in [0.25, 0.3) is 0 Å². The average Bonchev–Trinajstić information content (AvgIpc) is 2.80. The van der Waals surface area contributed by atoms with Crippen molar-refractivity contribution in [2.24, 2.45) is 0 Å². The molecule has 25 heavy (non-hydrogen) atoms. The highest BCUT2D eigenvalue weighted by Gasteiger charge is 2.40. The molecule has 1 aliphatic rings. The number of phenolic OH excluding ortho intramolecular Hbond substituents is 1. The largest absolute Gasteiger partial charge is 0.507 e. The Hall–Kier alpha value is -2.11. The monoisotopic (exact) mass is 357 g/mol. The number of aryl methyl sites for hydroxylation is 2. The third-order valence-electron chi connectivity index (χ3n) is 5.06. The average molecular weight is 358 g/mol. The molecular formula is C19H20ClN3O2. The summed E-state index contributed by atoms with van der Waals surface area (Å²) in [5.41, 5.74) is 3.45. The van der Waals surface area contributed by atoms with E-state index in [4.69, 9.17) is 11.6 Å². The normalized spacial score (nSPS) is 23.0. The molecule has 2 aromatic heterocycles. The van der Waals surface area contributed by atoms with E-state index in [0.717, 1.165) is 35.0 Å². The fourth-order valence-corrected chi connectivity index (χ4v) is 4.08. The van der Waals surface area contributed by atoms with Crippen LogP contribution in [0.1, 0.15) is 36.9 Å². The Labute approximate surface area is 150 Å². The van der Waals surface area contributed by atoms with E-state index in [9.17, 15) is 10.2 Å². The van der Waals surface area contributed by atoms with Crippen LogP contribution in [0.15, 0.2) is 24.4 Å². The van der Waals surface area contributed by atoms with Gasteiger partial charge in [-0.15, -0.1) is 10.2 Å². The number of phenols is 1. The van der Waals surface area contributed by atoms with Gasteiger partial charge >= 0.3 is 0 Å².